The molecule has 2 N–H and O–H groups in total. The van der Waals surface area contributed by atoms with Gasteiger partial charge in [0.15, 0.2) is 0 Å². The van der Waals surface area contributed by atoms with E-state index in [1.807, 2.05) is 36.4 Å². The van der Waals surface area contributed by atoms with E-state index in [-0.39, 0.29) is 11.3 Å². The van der Waals surface area contributed by atoms with Gasteiger partial charge in [-0.2, -0.15) is 0 Å². The Kier molecular flexibility index (Phi) is 5.73. The van der Waals surface area contributed by atoms with E-state index in [1.54, 1.807) is 23.8 Å². The summed E-state index contributed by atoms with van der Waals surface area (Å²) in [6, 6.07) is 12.8. The Morgan fingerprint density at radius 3 is 2.36 bits per heavy atom. The number of fused-ring (bicyclic) bond motifs is 1. The predicted octanol–water partition coefficient (Wildman–Crippen LogP) is 4.70. The zero-order chi connectivity index (χ0) is 24.9. The lowest BCUT2D eigenvalue weighted by Crippen LogP contribution is -2.51. The Hall–Kier alpha value is -3.35. The van der Waals surface area contributed by atoms with Gasteiger partial charge in [-0.1, -0.05) is 18.2 Å². The first kappa shape index (κ1) is 23.1. The van der Waals surface area contributed by atoms with Crippen LogP contribution in [0.2, 0.25) is 0 Å². The lowest BCUT2D eigenvalue weighted by Gasteiger charge is -2.56. The van der Waals surface area contributed by atoms with Crippen molar-refractivity contribution in [3.05, 3.63) is 65.6 Å². The highest BCUT2D eigenvalue weighted by molar-refractivity contribution is 5.93. The molecular weight excluding hydrogens is 454 g/mol. The smallest absolute Gasteiger partial charge is 0.312 e. The molecule has 4 aliphatic rings. The average molecular weight is 488 g/mol. The third-order valence-corrected chi connectivity index (χ3v) is 8.79. The lowest BCUT2D eigenvalue weighted by atomic mass is 9.49. The number of carbonyl (C=O) groups excluding carboxylic acids is 1. The van der Waals surface area contributed by atoms with Crippen LogP contribution in [-0.2, 0) is 11.2 Å². The standard InChI is InChI=1S/C29H33N3O4/c1-36-22-7-5-18(6-8-22)12-23(28(34)35)24-16-32-25(3-2-4-26(32)31-24)27(33)30-17-29-13-19-9-20(14-29)11-21(10-19)15-29/h2-8,16,19-21,23H,9-15,17H2,1H3,(H,30,33)(H,34,35). The molecule has 4 fully saturated rings. The normalized spacial score (nSPS) is 27.2. The van der Waals surface area contributed by atoms with Gasteiger partial charge in [-0.05, 0) is 97.9 Å². The third kappa shape index (κ3) is 4.25. The molecule has 4 aliphatic carbocycles. The summed E-state index contributed by atoms with van der Waals surface area (Å²) in [5, 5.41) is 13.2. The van der Waals surface area contributed by atoms with E-state index in [1.165, 1.54) is 38.5 Å². The van der Waals surface area contributed by atoms with Crippen LogP contribution in [0.3, 0.4) is 0 Å². The minimum Gasteiger partial charge on any atom is -0.497 e. The predicted molar refractivity (Wildman–Crippen MR) is 135 cm³/mol. The fraction of sp³-hybridized carbons (Fsp3) is 0.483. The number of amides is 1. The molecule has 0 spiro atoms. The van der Waals surface area contributed by atoms with Crippen LogP contribution in [0.15, 0.2) is 48.7 Å². The Morgan fingerprint density at radius 2 is 1.75 bits per heavy atom. The van der Waals surface area contributed by atoms with Crippen molar-refractivity contribution >= 4 is 17.5 Å². The lowest BCUT2D eigenvalue weighted by molar-refractivity contribution is -0.138. The average Bonchev–Trinajstić information content (AvgIpc) is 3.29. The van der Waals surface area contributed by atoms with E-state index >= 15 is 0 Å². The molecule has 7 nitrogen and oxygen atoms in total. The number of rotatable bonds is 8. The van der Waals surface area contributed by atoms with E-state index in [4.69, 9.17) is 4.74 Å². The maximum absolute atomic E-state index is 13.3. The number of hydrogen-bond acceptors (Lipinski definition) is 4. The molecule has 36 heavy (non-hydrogen) atoms. The van der Waals surface area contributed by atoms with Gasteiger partial charge in [0.05, 0.1) is 12.8 Å². The molecule has 7 rings (SSSR count). The van der Waals surface area contributed by atoms with Crippen molar-refractivity contribution in [2.75, 3.05) is 13.7 Å². The monoisotopic (exact) mass is 487 g/mol. The van der Waals surface area contributed by atoms with Crippen LogP contribution in [0, 0.1) is 23.2 Å². The molecule has 1 aromatic carbocycles. The number of pyridine rings is 1. The number of imidazole rings is 1. The summed E-state index contributed by atoms with van der Waals surface area (Å²) in [4.78, 5) is 30.1. The molecule has 0 radical (unpaired) electrons. The van der Waals surface area contributed by atoms with Crippen molar-refractivity contribution in [3.8, 4) is 5.75 Å². The number of nitrogens with zero attached hydrogens (tertiary/aromatic N) is 2. The van der Waals surface area contributed by atoms with Gasteiger partial charge in [-0.15, -0.1) is 0 Å². The Bertz CT molecular complexity index is 1260. The summed E-state index contributed by atoms with van der Waals surface area (Å²) in [6.07, 6.45) is 9.87. The van der Waals surface area contributed by atoms with E-state index in [0.29, 0.717) is 23.5 Å². The van der Waals surface area contributed by atoms with E-state index in [9.17, 15) is 14.7 Å². The molecule has 3 aromatic rings. The SMILES string of the molecule is COc1ccc(CC(C(=O)O)c2cn3c(C(=O)NCC45CC6CC(CC(C6)C4)C5)cccc3n2)cc1. The van der Waals surface area contributed by atoms with Gasteiger partial charge in [-0.25, -0.2) is 4.98 Å². The van der Waals surface area contributed by atoms with Crippen LogP contribution in [0.4, 0.5) is 0 Å². The van der Waals surface area contributed by atoms with E-state index in [0.717, 1.165) is 35.6 Å². The van der Waals surface area contributed by atoms with Gasteiger partial charge in [0.2, 0.25) is 0 Å². The fourth-order valence-corrected chi connectivity index (χ4v) is 7.56. The number of aliphatic carboxylic acids is 1. The van der Waals surface area contributed by atoms with Crippen LogP contribution in [0.1, 0.15) is 66.2 Å². The van der Waals surface area contributed by atoms with E-state index in [2.05, 4.69) is 10.3 Å². The molecule has 4 bridgehead atoms. The number of carboxylic acids is 1. The van der Waals surface area contributed by atoms with Crippen LogP contribution < -0.4 is 10.1 Å². The number of carboxylic acid groups (broad SMARTS) is 1. The van der Waals surface area contributed by atoms with Crippen LogP contribution in [-0.4, -0.2) is 40.0 Å². The molecule has 0 aliphatic heterocycles. The number of methoxy groups -OCH3 is 1. The van der Waals surface area contributed by atoms with Crippen LogP contribution >= 0.6 is 0 Å². The molecule has 2 aromatic heterocycles. The van der Waals surface area contributed by atoms with Crippen LogP contribution in [0.5, 0.6) is 5.75 Å². The zero-order valence-corrected chi connectivity index (χ0v) is 20.7. The zero-order valence-electron chi connectivity index (χ0n) is 20.7. The summed E-state index contributed by atoms with van der Waals surface area (Å²) in [7, 11) is 1.60. The number of carbonyl (C=O) groups is 2. The summed E-state index contributed by atoms with van der Waals surface area (Å²) >= 11 is 0. The van der Waals surface area contributed by atoms with Crippen molar-refractivity contribution in [1.29, 1.82) is 0 Å². The van der Waals surface area contributed by atoms with Gasteiger partial charge in [-0.3, -0.25) is 14.0 Å². The Labute approximate surface area is 210 Å². The van der Waals surface area contributed by atoms with Gasteiger partial charge in [0.25, 0.3) is 5.91 Å². The molecule has 2 heterocycles. The Morgan fingerprint density at radius 1 is 1.08 bits per heavy atom. The second kappa shape index (κ2) is 8.95. The second-order valence-electron chi connectivity index (χ2n) is 11.3. The highest BCUT2D eigenvalue weighted by Gasteiger charge is 2.50. The number of aromatic nitrogens is 2. The number of benzene rings is 1. The molecule has 4 saturated carbocycles. The topological polar surface area (TPSA) is 92.9 Å². The first-order chi connectivity index (χ1) is 17.4. The number of hydrogen-bond donors (Lipinski definition) is 2. The van der Waals surface area contributed by atoms with Gasteiger partial charge in [0.1, 0.15) is 23.0 Å². The first-order valence-corrected chi connectivity index (χ1v) is 13.0. The maximum atomic E-state index is 13.3. The van der Waals surface area contributed by atoms with Gasteiger partial charge >= 0.3 is 5.97 Å². The maximum Gasteiger partial charge on any atom is 0.312 e. The molecule has 1 amide bonds. The molecule has 1 atom stereocenters. The third-order valence-electron chi connectivity index (χ3n) is 8.79. The van der Waals surface area contributed by atoms with Gasteiger partial charge < -0.3 is 15.2 Å². The highest BCUT2D eigenvalue weighted by Crippen LogP contribution is 2.59. The van der Waals surface area contributed by atoms with Crippen LogP contribution in [0.25, 0.3) is 5.65 Å². The molecule has 188 valence electrons. The fourth-order valence-electron chi connectivity index (χ4n) is 7.56. The van der Waals surface area contributed by atoms with Crippen molar-refractivity contribution in [2.24, 2.45) is 23.2 Å². The van der Waals surface area contributed by atoms with Crippen molar-refractivity contribution in [2.45, 2.75) is 50.9 Å². The first-order valence-electron chi connectivity index (χ1n) is 13.0. The van der Waals surface area contributed by atoms with Crippen molar-refractivity contribution in [3.63, 3.8) is 0 Å². The molecule has 0 saturated heterocycles. The highest BCUT2D eigenvalue weighted by atomic mass is 16.5. The minimum atomic E-state index is -0.943. The molecule has 7 heteroatoms. The number of ether oxygens (including phenoxy) is 1. The van der Waals surface area contributed by atoms with Crippen molar-refractivity contribution < 1.29 is 19.4 Å². The Balaban J connectivity index is 1.21. The molecular formula is C29H33N3O4. The van der Waals surface area contributed by atoms with Crippen molar-refractivity contribution in [1.82, 2.24) is 14.7 Å². The summed E-state index contributed by atoms with van der Waals surface area (Å²) in [5.41, 5.74) is 2.65. The molecule has 1 unspecified atom stereocenters. The summed E-state index contributed by atoms with van der Waals surface area (Å²) in [5.74, 6) is 1.36. The quantitative estimate of drug-likeness (QED) is 0.480. The van der Waals surface area contributed by atoms with Gasteiger partial charge in [0, 0.05) is 12.7 Å². The summed E-state index contributed by atoms with van der Waals surface area (Å²) < 4.78 is 6.93. The van der Waals surface area contributed by atoms with E-state index < -0.39 is 11.9 Å². The second-order valence-corrected chi connectivity index (χ2v) is 11.3. The number of nitrogens with one attached hydrogen (secondary N) is 1. The largest absolute Gasteiger partial charge is 0.497 e. The summed E-state index contributed by atoms with van der Waals surface area (Å²) in [6.45, 7) is 0.725. The minimum absolute atomic E-state index is 0.123.